The van der Waals surface area contributed by atoms with E-state index in [2.05, 4.69) is 47.6 Å². The standard InChI is InChI=1S/C55H94O24/c1-23(24-15-17-53(6)31-12-10-25-26(55(31,8)32(59)19-54(24,53)7)11-14-33(51(25,2)3)77-48-44(69)39(64)35(60)27(73-48)16-18-56)9-13-34(52(4,5)71)78-50-46(79-49-45(70)41(66)37(62)29(21-58)75-49)42(67)38(63)30(76-50)22-72-47-43(68)40(65)36(61)28(20-57)74-47/h10,23-24,26-50,56-71H,9,11-22H2,1-8H3/t23-,24?,26?,27-,28-,29-,30-,31?,32-,33+,34-,35-,36-,37-,38-,39+,40+,41+,42+,43-,44-,45-,46-,47-,48+,49+,50+,53+,54-,55+/m1/s1. The molecule has 4 aliphatic heterocycles. The Kier molecular flexibility index (Phi) is 19.6. The van der Waals surface area contributed by atoms with Crippen LogP contribution in [-0.4, -0.2) is 255 Å². The van der Waals surface area contributed by atoms with Crippen molar-refractivity contribution in [3.8, 4) is 0 Å². The summed E-state index contributed by atoms with van der Waals surface area (Å²) >= 11 is 0. The van der Waals surface area contributed by atoms with Crippen LogP contribution in [0, 0.1) is 45.3 Å². The lowest BCUT2D eigenvalue weighted by molar-refractivity contribution is -0.380. The van der Waals surface area contributed by atoms with Crippen molar-refractivity contribution < 1.29 is 120 Å². The summed E-state index contributed by atoms with van der Waals surface area (Å²) in [5.41, 5.74) is -2.04. The molecule has 8 aliphatic rings. The Morgan fingerprint density at radius 3 is 1.72 bits per heavy atom. The van der Waals surface area contributed by atoms with E-state index in [0.717, 1.165) is 12.8 Å². The maximum Gasteiger partial charge on any atom is 0.187 e. The van der Waals surface area contributed by atoms with Crippen molar-refractivity contribution in [1.29, 1.82) is 0 Å². The van der Waals surface area contributed by atoms with Crippen molar-refractivity contribution in [3.05, 3.63) is 11.6 Å². The van der Waals surface area contributed by atoms with Crippen LogP contribution in [0.2, 0.25) is 0 Å². The molecule has 79 heavy (non-hydrogen) atoms. The van der Waals surface area contributed by atoms with Gasteiger partial charge in [0.25, 0.3) is 0 Å². The normalized spacial score (nSPS) is 50.9. The lowest BCUT2D eigenvalue weighted by atomic mass is 9.38. The van der Waals surface area contributed by atoms with Gasteiger partial charge in [-0.25, -0.2) is 0 Å². The number of aliphatic hydroxyl groups is 16. The second kappa shape index (κ2) is 24.3. The van der Waals surface area contributed by atoms with Crippen LogP contribution in [0.4, 0.5) is 0 Å². The predicted molar refractivity (Wildman–Crippen MR) is 272 cm³/mol. The maximum absolute atomic E-state index is 12.7. The monoisotopic (exact) mass is 1140 g/mol. The van der Waals surface area contributed by atoms with E-state index in [0.29, 0.717) is 32.1 Å². The Labute approximate surface area is 461 Å². The van der Waals surface area contributed by atoms with Crippen LogP contribution in [0.15, 0.2) is 11.6 Å². The van der Waals surface area contributed by atoms with Gasteiger partial charge in [-0.05, 0) is 106 Å². The van der Waals surface area contributed by atoms with Gasteiger partial charge in [-0.15, -0.1) is 0 Å². The van der Waals surface area contributed by atoms with Crippen LogP contribution in [0.5, 0.6) is 0 Å². The Morgan fingerprint density at radius 2 is 1.14 bits per heavy atom. The zero-order valence-electron chi connectivity index (χ0n) is 46.8. The topological polar surface area (TPSA) is 398 Å². The first kappa shape index (κ1) is 63.8. The van der Waals surface area contributed by atoms with Crippen molar-refractivity contribution in [3.63, 3.8) is 0 Å². The third-order valence-corrected chi connectivity index (χ3v) is 21.0. The van der Waals surface area contributed by atoms with E-state index in [1.807, 2.05) is 0 Å². The minimum absolute atomic E-state index is 0.00699. The van der Waals surface area contributed by atoms with Crippen LogP contribution in [0.25, 0.3) is 0 Å². The summed E-state index contributed by atoms with van der Waals surface area (Å²) in [4.78, 5) is 0. The largest absolute Gasteiger partial charge is 0.396 e. The molecule has 0 aromatic heterocycles. The van der Waals surface area contributed by atoms with Crippen LogP contribution < -0.4 is 0 Å². The van der Waals surface area contributed by atoms with Crippen molar-refractivity contribution in [2.24, 2.45) is 45.3 Å². The van der Waals surface area contributed by atoms with E-state index in [1.54, 1.807) is 0 Å². The lowest BCUT2D eigenvalue weighted by Crippen LogP contribution is -2.65. The summed E-state index contributed by atoms with van der Waals surface area (Å²) < 4.78 is 48.0. The summed E-state index contributed by atoms with van der Waals surface area (Å²) in [6.07, 6.45) is -27.1. The average Bonchev–Trinajstić information content (AvgIpc) is 3.83. The van der Waals surface area contributed by atoms with Gasteiger partial charge in [0.15, 0.2) is 25.2 Å². The third kappa shape index (κ3) is 11.4. The smallest absolute Gasteiger partial charge is 0.187 e. The van der Waals surface area contributed by atoms with E-state index in [9.17, 15) is 81.7 Å². The Bertz CT molecular complexity index is 2040. The molecule has 30 atom stereocenters. The van der Waals surface area contributed by atoms with E-state index < -0.39 is 177 Å². The molecule has 0 amide bonds. The van der Waals surface area contributed by atoms with Crippen LogP contribution in [0.3, 0.4) is 0 Å². The summed E-state index contributed by atoms with van der Waals surface area (Å²) in [6.45, 7) is 13.8. The van der Waals surface area contributed by atoms with Crippen LogP contribution in [-0.2, 0) is 37.9 Å². The number of aliphatic hydroxyl groups excluding tert-OH is 15. The van der Waals surface area contributed by atoms with Gasteiger partial charge in [0.2, 0.25) is 0 Å². The average molecular weight is 1140 g/mol. The van der Waals surface area contributed by atoms with Crippen LogP contribution in [0.1, 0.15) is 113 Å². The zero-order chi connectivity index (χ0) is 58.2. The second-order valence-corrected chi connectivity index (χ2v) is 26.2. The van der Waals surface area contributed by atoms with Gasteiger partial charge in [-0.3, -0.25) is 0 Å². The summed E-state index contributed by atoms with van der Waals surface area (Å²) in [6, 6.07) is 0. The van der Waals surface area contributed by atoms with Crippen molar-refractivity contribution in [2.45, 2.75) is 260 Å². The maximum atomic E-state index is 12.7. The third-order valence-electron chi connectivity index (χ3n) is 21.0. The van der Waals surface area contributed by atoms with Gasteiger partial charge in [-0.2, -0.15) is 0 Å². The molecule has 8 rings (SSSR count). The molecule has 4 saturated heterocycles. The number of hydrogen-bond acceptors (Lipinski definition) is 24. The highest BCUT2D eigenvalue weighted by Gasteiger charge is 2.70. The molecule has 3 saturated carbocycles. The van der Waals surface area contributed by atoms with Gasteiger partial charge in [-0.1, -0.05) is 53.2 Å². The number of allylic oxidation sites excluding steroid dienone is 1. The predicted octanol–water partition coefficient (Wildman–Crippen LogP) is -2.84. The van der Waals surface area contributed by atoms with Crippen molar-refractivity contribution >= 4 is 0 Å². The molecule has 0 aromatic carbocycles. The lowest BCUT2D eigenvalue weighted by Gasteiger charge is -2.67. The first-order valence-corrected chi connectivity index (χ1v) is 28.5. The Hall–Kier alpha value is -1.22. The zero-order valence-corrected chi connectivity index (χ0v) is 46.8. The SMILES string of the molecule is C[C@H](CC[C@@H](O[C@@H]1O[C@H](CO[C@@H]2O[C@H](CO)[C@@H](O)[C@H](O)[C@H]2O)[C@@H](O)[C@H](O)[C@H]1O[C@@H]1O[C@H](CO)[C@@H](O)[C@H](O)[C@H]1O)C(C)(C)O)C1CC[C@@]2(C)C3CC=C4C(CC[C@H](O[C@@H]5O[C@H](CCO)[C@@H](O)[C@H](O)[C@H]5O)C4(C)C)[C@]3(C)[C@H](O)C[C@]12C. The van der Waals surface area contributed by atoms with Crippen molar-refractivity contribution in [1.82, 2.24) is 0 Å². The fraction of sp³-hybridized carbons (Fsp3) is 0.964. The van der Waals surface area contributed by atoms with E-state index in [4.69, 9.17) is 37.9 Å². The summed E-state index contributed by atoms with van der Waals surface area (Å²) in [5.74, 6) is 0.236. The second-order valence-electron chi connectivity index (χ2n) is 26.2. The van der Waals surface area contributed by atoms with E-state index in [-0.39, 0.29) is 54.0 Å². The van der Waals surface area contributed by atoms with E-state index in [1.165, 1.54) is 19.4 Å². The molecule has 16 N–H and O–H groups in total. The number of fused-ring (bicyclic) bond motifs is 5. The minimum Gasteiger partial charge on any atom is -0.396 e. The Balaban J connectivity index is 0.985. The van der Waals surface area contributed by atoms with Gasteiger partial charge < -0.3 is 120 Å². The molecule has 3 unspecified atom stereocenters. The molecule has 0 aromatic rings. The molecule has 24 nitrogen and oxygen atoms in total. The molecule has 0 bridgehead atoms. The molecule has 458 valence electrons. The molecule has 0 spiro atoms. The molecule has 7 fully saturated rings. The first-order chi connectivity index (χ1) is 36.9. The number of hydrogen-bond donors (Lipinski definition) is 16. The van der Waals surface area contributed by atoms with Gasteiger partial charge in [0.1, 0.15) is 91.6 Å². The summed E-state index contributed by atoms with van der Waals surface area (Å²) in [5, 5.41) is 172. The fourth-order valence-electron chi connectivity index (χ4n) is 15.8. The van der Waals surface area contributed by atoms with Crippen LogP contribution >= 0.6 is 0 Å². The fourth-order valence-corrected chi connectivity index (χ4v) is 15.8. The molecule has 24 heteroatoms. The molecule has 4 heterocycles. The molecule has 0 radical (unpaired) electrons. The number of ether oxygens (including phenoxy) is 8. The van der Waals surface area contributed by atoms with Gasteiger partial charge >= 0.3 is 0 Å². The quantitative estimate of drug-likeness (QED) is 0.0615. The van der Waals surface area contributed by atoms with E-state index >= 15 is 0 Å². The highest BCUT2D eigenvalue weighted by molar-refractivity contribution is 5.32. The Morgan fingerprint density at radius 1 is 0.608 bits per heavy atom. The molecular formula is C55H94O24. The highest BCUT2D eigenvalue weighted by Crippen LogP contribution is 2.75. The number of rotatable bonds is 18. The van der Waals surface area contributed by atoms with Gasteiger partial charge in [0.05, 0.1) is 49.8 Å². The summed E-state index contributed by atoms with van der Waals surface area (Å²) in [7, 11) is 0. The van der Waals surface area contributed by atoms with Gasteiger partial charge in [0, 0.05) is 17.4 Å². The highest BCUT2D eigenvalue weighted by atomic mass is 16.8. The first-order valence-electron chi connectivity index (χ1n) is 28.5. The minimum atomic E-state index is -1.93. The van der Waals surface area contributed by atoms with Crippen molar-refractivity contribution in [2.75, 3.05) is 26.4 Å². The molecular weight excluding hydrogens is 1040 g/mol. The molecule has 4 aliphatic carbocycles.